The molecule has 96 valence electrons. The van der Waals surface area contributed by atoms with Gasteiger partial charge in [0.15, 0.2) is 0 Å². The first-order valence-electron chi connectivity index (χ1n) is 6.24. The van der Waals surface area contributed by atoms with E-state index in [0.717, 1.165) is 12.4 Å². The van der Waals surface area contributed by atoms with Crippen LogP contribution in [0.2, 0.25) is 0 Å². The average Bonchev–Trinajstić information content (AvgIpc) is 2.77. The minimum absolute atomic E-state index is 0.146. The van der Waals surface area contributed by atoms with Crippen molar-refractivity contribution in [2.45, 2.75) is 26.4 Å². The van der Waals surface area contributed by atoms with Gasteiger partial charge < -0.3 is 0 Å². The van der Waals surface area contributed by atoms with Crippen LogP contribution in [-0.2, 0) is 6.54 Å². The number of nitrogens with zero attached hydrogens (tertiary/aromatic N) is 4. The second kappa shape index (κ2) is 5.31. The van der Waals surface area contributed by atoms with Crippen LogP contribution in [-0.4, -0.2) is 33.8 Å². The number of aryl methyl sites for hydroxylation is 2. The summed E-state index contributed by atoms with van der Waals surface area (Å²) in [5.41, 5.74) is 2.52. The molecule has 2 aromatic rings. The molecule has 0 aliphatic rings. The zero-order chi connectivity index (χ0) is 13.1. The summed E-state index contributed by atoms with van der Waals surface area (Å²) >= 11 is 0. The van der Waals surface area contributed by atoms with Crippen molar-refractivity contribution in [1.29, 1.82) is 0 Å². The molecule has 0 aliphatic heterocycles. The number of aromatic nitrogens is 3. The molecule has 0 saturated carbocycles. The Morgan fingerprint density at radius 2 is 2.11 bits per heavy atom. The highest BCUT2D eigenvalue weighted by molar-refractivity contribution is 5.29. The molecule has 1 heterocycles. The molecule has 1 unspecified atom stereocenters. The SMILES string of the molecule is CCn1ncnc1C(c1cccc(C)c1)N(C)C. The summed E-state index contributed by atoms with van der Waals surface area (Å²) in [6.07, 6.45) is 1.63. The average molecular weight is 244 g/mol. The number of hydrogen-bond donors (Lipinski definition) is 0. The molecule has 4 nitrogen and oxygen atoms in total. The largest absolute Gasteiger partial charge is 0.296 e. The Hall–Kier alpha value is -1.68. The van der Waals surface area contributed by atoms with Crippen molar-refractivity contribution in [3.05, 3.63) is 47.5 Å². The lowest BCUT2D eigenvalue weighted by Crippen LogP contribution is -2.25. The van der Waals surface area contributed by atoms with E-state index in [2.05, 4.69) is 67.2 Å². The highest BCUT2D eigenvalue weighted by Gasteiger charge is 2.21. The zero-order valence-corrected chi connectivity index (χ0v) is 11.5. The molecular formula is C14H20N4. The summed E-state index contributed by atoms with van der Waals surface area (Å²) in [5.74, 6) is 0.994. The first kappa shape index (κ1) is 12.8. The van der Waals surface area contributed by atoms with Crippen molar-refractivity contribution >= 4 is 0 Å². The van der Waals surface area contributed by atoms with Gasteiger partial charge in [-0.2, -0.15) is 5.10 Å². The second-order valence-electron chi connectivity index (χ2n) is 4.71. The van der Waals surface area contributed by atoms with E-state index >= 15 is 0 Å². The summed E-state index contributed by atoms with van der Waals surface area (Å²) in [6, 6.07) is 8.70. The van der Waals surface area contributed by atoms with Gasteiger partial charge in [-0.05, 0) is 33.5 Å². The molecule has 0 radical (unpaired) electrons. The standard InChI is InChI=1S/C14H20N4/c1-5-18-14(15-10-16-18)13(17(3)4)12-8-6-7-11(2)9-12/h6-10,13H,5H2,1-4H3. The van der Waals surface area contributed by atoms with Gasteiger partial charge in [0, 0.05) is 6.54 Å². The Kier molecular flexibility index (Phi) is 3.77. The van der Waals surface area contributed by atoms with E-state index in [1.807, 2.05) is 4.68 Å². The molecule has 1 aromatic heterocycles. The van der Waals surface area contributed by atoms with E-state index in [1.165, 1.54) is 11.1 Å². The van der Waals surface area contributed by atoms with Crippen LogP contribution in [0.15, 0.2) is 30.6 Å². The quantitative estimate of drug-likeness (QED) is 0.827. The highest BCUT2D eigenvalue weighted by Crippen LogP contribution is 2.25. The van der Waals surface area contributed by atoms with Gasteiger partial charge >= 0.3 is 0 Å². The Labute approximate surface area is 108 Å². The van der Waals surface area contributed by atoms with E-state index in [-0.39, 0.29) is 6.04 Å². The van der Waals surface area contributed by atoms with E-state index in [9.17, 15) is 0 Å². The summed E-state index contributed by atoms with van der Waals surface area (Å²) in [6.45, 7) is 5.04. The maximum absolute atomic E-state index is 4.42. The van der Waals surface area contributed by atoms with E-state index in [1.54, 1.807) is 6.33 Å². The smallest absolute Gasteiger partial charge is 0.148 e. The Morgan fingerprint density at radius 1 is 1.33 bits per heavy atom. The first-order chi connectivity index (χ1) is 8.63. The molecule has 0 amide bonds. The molecule has 2 rings (SSSR count). The van der Waals surface area contributed by atoms with Crippen molar-refractivity contribution in [3.8, 4) is 0 Å². The maximum atomic E-state index is 4.42. The fraction of sp³-hybridized carbons (Fsp3) is 0.429. The third-order valence-electron chi connectivity index (χ3n) is 3.06. The molecule has 18 heavy (non-hydrogen) atoms. The summed E-state index contributed by atoms with van der Waals surface area (Å²) in [4.78, 5) is 6.60. The molecule has 0 bridgehead atoms. The molecule has 4 heteroatoms. The van der Waals surface area contributed by atoms with Crippen LogP contribution in [0.25, 0.3) is 0 Å². The summed E-state index contributed by atoms with van der Waals surface area (Å²) < 4.78 is 1.95. The molecule has 0 spiro atoms. The van der Waals surface area contributed by atoms with Crippen molar-refractivity contribution in [1.82, 2.24) is 19.7 Å². The van der Waals surface area contributed by atoms with Gasteiger partial charge in [0.25, 0.3) is 0 Å². The fourth-order valence-electron chi connectivity index (χ4n) is 2.25. The molecule has 1 aromatic carbocycles. The lowest BCUT2D eigenvalue weighted by Gasteiger charge is -2.24. The van der Waals surface area contributed by atoms with Crippen LogP contribution in [0.4, 0.5) is 0 Å². The first-order valence-corrected chi connectivity index (χ1v) is 6.24. The monoisotopic (exact) mass is 244 g/mol. The van der Waals surface area contributed by atoms with Crippen molar-refractivity contribution in [2.24, 2.45) is 0 Å². The lowest BCUT2D eigenvalue weighted by molar-refractivity contribution is 0.318. The molecule has 1 atom stereocenters. The lowest BCUT2D eigenvalue weighted by atomic mass is 10.0. The molecular weight excluding hydrogens is 224 g/mol. The van der Waals surface area contributed by atoms with Crippen LogP contribution in [0.5, 0.6) is 0 Å². The van der Waals surface area contributed by atoms with Gasteiger partial charge in [-0.15, -0.1) is 0 Å². The Bertz CT molecular complexity index is 516. The third-order valence-corrected chi connectivity index (χ3v) is 3.06. The predicted octanol–water partition coefficient (Wildman–Crippen LogP) is 2.26. The maximum Gasteiger partial charge on any atom is 0.148 e. The van der Waals surface area contributed by atoms with Crippen LogP contribution in [0.1, 0.15) is 29.9 Å². The van der Waals surface area contributed by atoms with Gasteiger partial charge in [-0.25, -0.2) is 9.67 Å². The van der Waals surface area contributed by atoms with Crippen molar-refractivity contribution < 1.29 is 0 Å². The molecule has 0 N–H and O–H groups in total. The van der Waals surface area contributed by atoms with Gasteiger partial charge in [0.1, 0.15) is 12.2 Å². The van der Waals surface area contributed by atoms with Gasteiger partial charge in [-0.1, -0.05) is 29.8 Å². The van der Waals surface area contributed by atoms with Crippen molar-refractivity contribution in [3.63, 3.8) is 0 Å². The molecule has 0 fully saturated rings. The third kappa shape index (κ3) is 2.43. The predicted molar refractivity (Wildman–Crippen MR) is 72.4 cm³/mol. The fourth-order valence-corrected chi connectivity index (χ4v) is 2.25. The van der Waals surface area contributed by atoms with Gasteiger partial charge in [0.05, 0.1) is 6.04 Å². The van der Waals surface area contributed by atoms with Gasteiger partial charge in [0.2, 0.25) is 0 Å². The zero-order valence-electron chi connectivity index (χ0n) is 11.5. The number of hydrogen-bond acceptors (Lipinski definition) is 3. The Morgan fingerprint density at radius 3 is 2.72 bits per heavy atom. The summed E-state index contributed by atoms with van der Waals surface area (Å²) in [7, 11) is 4.14. The van der Waals surface area contributed by atoms with Crippen LogP contribution >= 0.6 is 0 Å². The minimum Gasteiger partial charge on any atom is -0.296 e. The van der Waals surface area contributed by atoms with E-state index < -0.39 is 0 Å². The highest BCUT2D eigenvalue weighted by atomic mass is 15.3. The van der Waals surface area contributed by atoms with Gasteiger partial charge in [-0.3, -0.25) is 4.90 Å². The Balaban J connectivity index is 2.47. The normalized spacial score (nSPS) is 12.9. The number of rotatable bonds is 4. The molecule has 0 aliphatic carbocycles. The van der Waals surface area contributed by atoms with E-state index in [4.69, 9.17) is 0 Å². The van der Waals surface area contributed by atoms with Crippen LogP contribution < -0.4 is 0 Å². The topological polar surface area (TPSA) is 34.0 Å². The second-order valence-corrected chi connectivity index (χ2v) is 4.71. The summed E-state index contributed by atoms with van der Waals surface area (Å²) in [5, 5.41) is 4.26. The minimum atomic E-state index is 0.146. The van der Waals surface area contributed by atoms with Crippen molar-refractivity contribution in [2.75, 3.05) is 14.1 Å². The van der Waals surface area contributed by atoms with E-state index in [0.29, 0.717) is 0 Å². The van der Waals surface area contributed by atoms with Crippen LogP contribution in [0, 0.1) is 6.92 Å². The number of benzene rings is 1. The molecule has 0 saturated heterocycles. The van der Waals surface area contributed by atoms with Crippen LogP contribution in [0.3, 0.4) is 0 Å².